The number of fused-ring (bicyclic) bond motifs is 1. The van der Waals surface area contributed by atoms with Gasteiger partial charge >= 0.3 is 0 Å². The maximum atomic E-state index is 6.14. The molecular weight excluding hydrogens is 342 g/mol. The molecule has 0 atom stereocenters. The molecule has 0 saturated heterocycles. The van der Waals surface area contributed by atoms with Crippen LogP contribution >= 0.6 is 11.3 Å². The van der Waals surface area contributed by atoms with Crippen molar-refractivity contribution in [2.45, 2.75) is 25.8 Å². The number of anilines is 1. The van der Waals surface area contributed by atoms with E-state index in [9.17, 15) is 0 Å². The summed E-state index contributed by atoms with van der Waals surface area (Å²) in [6, 6.07) is 10.4. The second-order valence-electron chi connectivity index (χ2n) is 6.53. The molecule has 0 spiro atoms. The molecule has 0 radical (unpaired) electrons. The van der Waals surface area contributed by atoms with Crippen molar-refractivity contribution in [1.29, 1.82) is 0 Å². The van der Waals surface area contributed by atoms with Gasteiger partial charge in [0.25, 0.3) is 0 Å². The van der Waals surface area contributed by atoms with Gasteiger partial charge in [0.1, 0.15) is 5.84 Å². The Labute approximate surface area is 157 Å². The molecule has 2 aromatic heterocycles. The molecule has 0 saturated carbocycles. The molecule has 0 amide bonds. The molecule has 0 aliphatic carbocycles. The predicted molar refractivity (Wildman–Crippen MR) is 109 cm³/mol. The Morgan fingerprint density at radius 3 is 2.96 bits per heavy atom. The van der Waals surface area contributed by atoms with E-state index in [0.717, 1.165) is 43.0 Å². The average Bonchev–Trinajstić information content (AvgIpc) is 3.40. The summed E-state index contributed by atoms with van der Waals surface area (Å²) in [4.78, 5) is 12.2. The first-order chi connectivity index (χ1) is 12.8. The highest BCUT2D eigenvalue weighted by atomic mass is 32.1. The van der Waals surface area contributed by atoms with E-state index in [1.54, 1.807) is 11.3 Å². The first-order valence-electron chi connectivity index (χ1n) is 9.01. The fraction of sp³-hybridized carbons (Fsp3) is 0.300. The Kier molecular flexibility index (Phi) is 5.02. The van der Waals surface area contributed by atoms with Gasteiger partial charge in [-0.25, -0.2) is 9.98 Å². The number of unbranched alkanes of at least 4 members (excludes halogenated alkanes) is 1. The van der Waals surface area contributed by atoms with E-state index >= 15 is 0 Å². The third kappa shape index (κ3) is 3.80. The number of aryl methyl sites for hydroxylation is 1. The number of nitrogens with zero attached hydrogens (tertiary/aromatic N) is 4. The van der Waals surface area contributed by atoms with Crippen LogP contribution in [0.2, 0.25) is 0 Å². The van der Waals surface area contributed by atoms with E-state index in [1.165, 1.54) is 17.7 Å². The van der Waals surface area contributed by atoms with Gasteiger partial charge in [0.15, 0.2) is 0 Å². The topological polar surface area (TPSA) is 59.4 Å². The number of rotatable bonds is 7. The molecule has 5 nitrogen and oxygen atoms in total. The molecule has 26 heavy (non-hydrogen) atoms. The van der Waals surface area contributed by atoms with Gasteiger partial charge in [0.2, 0.25) is 0 Å². The van der Waals surface area contributed by atoms with Crippen LogP contribution < -0.4 is 10.6 Å². The van der Waals surface area contributed by atoms with Crippen molar-refractivity contribution < 1.29 is 0 Å². The molecule has 1 aliphatic heterocycles. The number of hydrogen-bond acceptors (Lipinski definition) is 4. The zero-order chi connectivity index (χ0) is 17.8. The van der Waals surface area contributed by atoms with Crippen LogP contribution in [0.4, 0.5) is 11.4 Å². The smallest absolute Gasteiger partial charge is 0.141 e. The summed E-state index contributed by atoms with van der Waals surface area (Å²) >= 11 is 1.62. The quantitative estimate of drug-likeness (QED) is 0.393. The Morgan fingerprint density at radius 1 is 1.23 bits per heavy atom. The Balaban J connectivity index is 1.40. The summed E-state index contributed by atoms with van der Waals surface area (Å²) in [6.45, 7) is 3.20. The maximum absolute atomic E-state index is 6.14. The van der Waals surface area contributed by atoms with E-state index in [1.807, 2.05) is 36.2 Å². The van der Waals surface area contributed by atoms with E-state index in [2.05, 4.69) is 37.6 Å². The van der Waals surface area contributed by atoms with Crippen LogP contribution in [0.5, 0.6) is 0 Å². The molecule has 134 valence electrons. The Morgan fingerprint density at radius 2 is 2.15 bits per heavy atom. The van der Waals surface area contributed by atoms with Gasteiger partial charge in [-0.1, -0.05) is 12.1 Å². The fourth-order valence-corrected chi connectivity index (χ4v) is 4.00. The van der Waals surface area contributed by atoms with E-state index in [-0.39, 0.29) is 0 Å². The molecule has 4 rings (SSSR count). The second-order valence-corrected chi connectivity index (χ2v) is 7.48. The van der Waals surface area contributed by atoms with Crippen molar-refractivity contribution in [2.24, 2.45) is 10.7 Å². The molecule has 6 heteroatoms. The average molecular weight is 366 g/mol. The van der Waals surface area contributed by atoms with E-state index in [0.29, 0.717) is 5.84 Å². The summed E-state index contributed by atoms with van der Waals surface area (Å²) < 4.78 is 2.14. The zero-order valence-electron chi connectivity index (χ0n) is 14.7. The number of nitrogens with two attached hydrogens (primary N) is 1. The normalized spacial score (nSPS) is 14.0. The van der Waals surface area contributed by atoms with Crippen molar-refractivity contribution in [2.75, 3.05) is 18.0 Å². The third-order valence-electron chi connectivity index (χ3n) is 4.74. The number of benzene rings is 1. The molecule has 3 heterocycles. The van der Waals surface area contributed by atoms with Crippen LogP contribution in [0, 0.1) is 0 Å². The lowest BCUT2D eigenvalue weighted by molar-refractivity contribution is 0.602. The second kappa shape index (κ2) is 7.74. The Hall–Kier alpha value is -2.60. The molecule has 1 aliphatic rings. The van der Waals surface area contributed by atoms with Crippen LogP contribution in [0.1, 0.15) is 23.3 Å². The highest BCUT2D eigenvalue weighted by molar-refractivity contribution is 7.12. The van der Waals surface area contributed by atoms with Crippen LogP contribution in [-0.4, -0.2) is 28.5 Å². The summed E-state index contributed by atoms with van der Waals surface area (Å²) in [5.41, 5.74) is 9.79. The monoisotopic (exact) mass is 365 g/mol. The maximum Gasteiger partial charge on any atom is 0.141 e. The molecule has 1 aromatic carbocycles. The lowest BCUT2D eigenvalue weighted by atomic mass is 10.1. The molecule has 3 aromatic rings. The largest absolute Gasteiger partial charge is 0.383 e. The number of imidazole rings is 1. The SMILES string of the molecule is NC(=Nc1ccc2c(c1)N(CCCCn1ccnc1)CC2)c1cccs1. The van der Waals surface area contributed by atoms with Crippen molar-refractivity contribution in [3.8, 4) is 0 Å². The minimum absolute atomic E-state index is 0.588. The fourth-order valence-electron chi connectivity index (χ4n) is 3.37. The predicted octanol–water partition coefficient (Wildman–Crippen LogP) is 3.82. The highest BCUT2D eigenvalue weighted by Gasteiger charge is 2.19. The lowest BCUT2D eigenvalue weighted by Crippen LogP contribution is -2.21. The van der Waals surface area contributed by atoms with Crippen LogP contribution in [0.25, 0.3) is 0 Å². The van der Waals surface area contributed by atoms with Gasteiger partial charge < -0.3 is 15.2 Å². The summed E-state index contributed by atoms with van der Waals surface area (Å²) in [6.07, 6.45) is 9.18. The van der Waals surface area contributed by atoms with Crippen molar-refractivity contribution >= 4 is 28.5 Å². The zero-order valence-corrected chi connectivity index (χ0v) is 15.5. The van der Waals surface area contributed by atoms with Gasteiger partial charge in [-0.3, -0.25) is 0 Å². The number of amidine groups is 1. The van der Waals surface area contributed by atoms with Crippen molar-refractivity contribution in [3.63, 3.8) is 0 Å². The van der Waals surface area contributed by atoms with Gasteiger partial charge in [-0.2, -0.15) is 0 Å². The standard InChI is InChI=1S/C20H23N5S/c21-20(19-4-3-13-26-19)23-17-6-5-16-7-11-25(18(16)14-17)10-2-1-9-24-12-8-22-15-24/h3-6,8,12-15H,1-2,7,9-11H2,(H2,21,23). The van der Waals surface area contributed by atoms with Gasteiger partial charge in [0.05, 0.1) is 16.9 Å². The molecule has 0 bridgehead atoms. The summed E-state index contributed by atoms with van der Waals surface area (Å²) in [7, 11) is 0. The summed E-state index contributed by atoms with van der Waals surface area (Å²) in [5.74, 6) is 0.588. The number of aliphatic imine (C=N–C) groups is 1. The van der Waals surface area contributed by atoms with Gasteiger partial charge in [0, 0.05) is 37.7 Å². The first kappa shape index (κ1) is 16.8. The van der Waals surface area contributed by atoms with Gasteiger partial charge in [-0.15, -0.1) is 11.3 Å². The third-order valence-corrected chi connectivity index (χ3v) is 5.63. The minimum Gasteiger partial charge on any atom is -0.383 e. The lowest BCUT2D eigenvalue weighted by Gasteiger charge is -2.19. The number of aromatic nitrogens is 2. The molecule has 2 N–H and O–H groups in total. The minimum atomic E-state index is 0.588. The van der Waals surface area contributed by atoms with Crippen LogP contribution in [0.15, 0.2) is 59.4 Å². The Bertz CT molecular complexity index is 868. The van der Waals surface area contributed by atoms with Crippen molar-refractivity contribution in [3.05, 3.63) is 64.9 Å². The number of hydrogen-bond donors (Lipinski definition) is 1. The first-order valence-corrected chi connectivity index (χ1v) is 9.89. The van der Waals surface area contributed by atoms with Crippen molar-refractivity contribution in [1.82, 2.24) is 9.55 Å². The molecular formula is C20H23N5S. The summed E-state index contributed by atoms with van der Waals surface area (Å²) in [5, 5.41) is 2.02. The molecule has 0 fully saturated rings. The van der Waals surface area contributed by atoms with E-state index < -0.39 is 0 Å². The van der Waals surface area contributed by atoms with Crippen LogP contribution in [0.3, 0.4) is 0 Å². The van der Waals surface area contributed by atoms with Gasteiger partial charge in [-0.05, 0) is 48.4 Å². The molecule has 0 unspecified atom stereocenters. The number of thiophene rings is 1. The van der Waals surface area contributed by atoms with E-state index in [4.69, 9.17) is 5.73 Å². The highest BCUT2D eigenvalue weighted by Crippen LogP contribution is 2.32. The van der Waals surface area contributed by atoms with Crippen LogP contribution in [-0.2, 0) is 13.0 Å².